The first-order valence-corrected chi connectivity index (χ1v) is 10.2. The lowest BCUT2D eigenvalue weighted by Gasteiger charge is -2.28. The second kappa shape index (κ2) is 7.46. The van der Waals surface area contributed by atoms with Crippen molar-refractivity contribution in [1.29, 1.82) is 0 Å². The average molecular weight is 407 g/mol. The number of phenols is 1. The molecule has 1 atom stereocenters. The summed E-state index contributed by atoms with van der Waals surface area (Å²) in [4.78, 5) is 13.7. The van der Waals surface area contributed by atoms with Gasteiger partial charge < -0.3 is 20.6 Å². The van der Waals surface area contributed by atoms with E-state index in [1.54, 1.807) is 34.1 Å². The summed E-state index contributed by atoms with van der Waals surface area (Å²) in [5.74, 6) is -0.636. The van der Waals surface area contributed by atoms with Crippen LogP contribution in [0.15, 0.2) is 20.9 Å². The Morgan fingerprint density at radius 1 is 1.21 bits per heavy atom. The van der Waals surface area contributed by atoms with Gasteiger partial charge in [-0.15, -0.1) is 8.80 Å². The van der Waals surface area contributed by atoms with Crippen LogP contribution >= 0.6 is 0 Å². The SMILES string of the molecule is Bc1ccc(NC2=NS(=O)(=O)N=C2N[C@@H](C)C(C)(C)C)c(O)c1C(=O)N(C)C. The van der Waals surface area contributed by atoms with Crippen molar-refractivity contribution in [3.8, 4) is 5.75 Å². The smallest absolute Gasteiger partial charge is 0.367 e. The van der Waals surface area contributed by atoms with Crippen LogP contribution in [0, 0.1) is 5.41 Å². The van der Waals surface area contributed by atoms with Gasteiger partial charge in [0.05, 0.1) is 11.3 Å². The highest BCUT2D eigenvalue weighted by molar-refractivity contribution is 7.89. The van der Waals surface area contributed by atoms with Crippen molar-refractivity contribution in [2.24, 2.45) is 14.2 Å². The van der Waals surface area contributed by atoms with Crippen LogP contribution in [0.25, 0.3) is 0 Å². The molecule has 1 aromatic carbocycles. The molecule has 11 heteroatoms. The van der Waals surface area contributed by atoms with E-state index < -0.39 is 10.2 Å². The summed E-state index contributed by atoms with van der Waals surface area (Å²) >= 11 is 0. The molecule has 0 fully saturated rings. The lowest BCUT2D eigenvalue weighted by atomic mass is 9.88. The molecule has 0 unspecified atom stereocenters. The maximum Gasteiger partial charge on any atom is 0.367 e. The summed E-state index contributed by atoms with van der Waals surface area (Å²) in [7, 11) is 0.845. The van der Waals surface area contributed by atoms with E-state index in [2.05, 4.69) is 19.4 Å². The molecular weight excluding hydrogens is 381 g/mol. The Hall–Kier alpha value is -2.56. The highest BCUT2D eigenvalue weighted by Gasteiger charge is 2.30. The summed E-state index contributed by atoms with van der Waals surface area (Å²) in [5, 5.41) is 16.4. The molecule has 0 saturated carbocycles. The van der Waals surface area contributed by atoms with E-state index in [9.17, 15) is 18.3 Å². The Bertz CT molecular complexity index is 964. The largest absolute Gasteiger partial charge is 0.505 e. The molecule has 0 spiro atoms. The number of hydrogen-bond donors (Lipinski definition) is 3. The number of carbonyl (C=O) groups is 1. The van der Waals surface area contributed by atoms with E-state index in [4.69, 9.17) is 0 Å². The van der Waals surface area contributed by atoms with Crippen LogP contribution in [0.5, 0.6) is 5.75 Å². The fraction of sp³-hybridized carbons (Fsp3) is 0.471. The number of nitrogens with one attached hydrogen (secondary N) is 2. The summed E-state index contributed by atoms with van der Waals surface area (Å²) < 4.78 is 31.0. The van der Waals surface area contributed by atoms with Crippen molar-refractivity contribution in [1.82, 2.24) is 10.2 Å². The maximum absolute atomic E-state index is 12.4. The summed E-state index contributed by atoms with van der Waals surface area (Å²) in [6.07, 6.45) is 0. The van der Waals surface area contributed by atoms with Crippen LogP contribution in [0.2, 0.25) is 0 Å². The van der Waals surface area contributed by atoms with Crippen LogP contribution < -0.4 is 16.1 Å². The number of aromatic hydroxyl groups is 1. The third-order valence-electron chi connectivity index (χ3n) is 4.55. The maximum atomic E-state index is 12.4. The topological polar surface area (TPSA) is 123 Å². The summed E-state index contributed by atoms with van der Waals surface area (Å²) in [6, 6.07) is 3.10. The number of carbonyl (C=O) groups excluding carboxylic acids is 1. The van der Waals surface area contributed by atoms with Gasteiger partial charge in [-0.25, -0.2) is 0 Å². The lowest BCUT2D eigenvalue weighted by molar-refractivity contribution is 0.0826. The van der Waals surface area contributed by atoms with Gasteiger partial charge in [0.1, 0.15) is 7.85 Å². The fourth-order valence-electron chi connectivity index (χ4n) is 2.35. The third kappa shape index (κ3) is 4.64. The number of nitrogens with zero attached hydrogens (tertiary/aromatic N) is 3. The Morgan fingerprint density at radius 3 is 2.32 bits per heavy atom. The van der Waals surface area contributed by atoms with Gasteiger partial charge >= 0.3 is 10.2 Å². The van der Waals surface area contributed by atoms with Gasteiger partial charge in [0.2, 0.25) is 0 Å². The minimum absolute atomic E-state index is 0.0431. The number of amidine groups is 2. The zero-order valence-corrected chi connectivity index (χ0v) is 18.0. The van der Waals surface area contributed by atoms with Crippen LogP contribution in [0.1, 0.15) is 38.1 Å². The molecule has 1 aromatic rings. The van der Waals surface area contributed by atoms with E-state index in [-0.39, 0.29) is 46.0 Å². The quantitative estimate of drug-likeness (QED) is 0.473. The predicted octanol–water partition coefficient (Wildman–Crippen LogP) is -0.156. The first kappa shape index (κ1) is 21.7. The molecule has 1 aliphatic heterocycles. The molecule has 0 saturated heterocycles. The number of amides is 1. The molecule has 0 aliphatic carbocycles. The van der Waals surface area contributed by atoms with E-state index in [1.165, 1.54) is 4.90 Å². The second-order valence-electron chi connectivity index (χ2n) is 8.04. The van der Waals surface area contributed by atoms with E-state index in [1.807, 2.05) is 27.7 Å². The summed E-state index contributed by atoms with van der Waals surface area (Å²) in [6.45, 7) is 7.92. The van der Waals surface area contributed by atoms with Gasteiger partial charge in [0.15, 0.2) is 17.4 Å². The number of anilines is 1. The standard InChI is InChI=1S/C17H26BN5O4S/c1-9(17(2,3)4)19-14-15(22-28(26,27)21-14)20-11-8-7-10(18)12(13(11)24)16(25)23(5)6/h7-9,24H,18H2,1-6H3,(H,19,21)(H,20,22)/t9-/m0/s1. The van der Waals surface area contributed by atoms with Gasteiger partial charge in [-0.3, -0.25) is 4.79 Å². The molecule has 3 N–H and O–H groups in total. The normalized spacial score (nSPS) is 16.8. The number of hydrogen-bond acceptors (Lipinski definition) is 6. The zero-order chi connectivity index (χ0) is 21.4. The van der Waals surface area contributed by atoms with Gasteiger partial charge in [-0.2, -0.15) is 8.42 Å². The van der Waals surface area contributed by atoms with Crippen molar-refractivity contribution in [2.75, 3.05) is 19.4 Å². The van der Waals surface area contributed by atoms with Crippen LogP contribution in [0.4, 0.5) is 5.69 Å². The van der Waals surface area contributed by atoms with Gasteiger partial charge in [-0.1, -0.05) is 32.3 Å². The van der Waals surface area contributed by atoms with Gasteiger partial charge in [0.25, 0.3) is 5.91 Å². The number of rotatable bonds is 3. The van der Waals surface area contributed by atoms with Gasteiger partial charge in [-0.05, 0) is 18.4 Å². The van der Waals surface area contributed by atoms with Crippen molar-refractivity contribution < 1.29 is 18.3 Å². The van der Waals surface area contributed by atoms with Crippen molar-refractivity contribution in [2.45, 2.75) is 33.7 Å². The predicted molar refractivity (Wildman–Crippen MR) is 114 cm³/mol. The first-order chi connectivity index (χ1) is 12.7. The molecule has 1 amide bonds. The van der Waals surface area contributed by atoms with Crippen molar-refractivity contribution >= 4 is 46.8 Å². The second-order valence-corrected chi connectivity index (χ2v) is 9.30. The van der Waals surface area contributed by atoms with Crippen LogP contribution in [-0.2, 0) is 10.2 Å². The highest BCUT2D eigenvalue weighted by Crippen LogP contribution is 2.28. The molecule has 2 rings (SSSR count). The molecule has 1 heterocycles. The molecule has 0 aromatic heterocycles. The Kier molecular flexibility index (Phi) is 5.79. The van der Waals surface area contributed by atoms with E-state index in [0.717, 1.165) is 0 Å². The van der Waals surface area contributed by atoms with Crippen molar-refractivity contribution in [3.05, 3.63) is 17.7 Å². The number of benzene rings is 1. The molecule has 0 radical (unpaired) electrons. The molecule has 0 bridgehead atoms. The monoisotopic (exact) mass is 407 g/mol. The van der Waals surface area contributed by atoms with Crippen LogP contribution in [0.3, 0.4) is 0 Å². The zero-order valence-electron chi connectivity index (χ0n) is 17.2. The Balaban J connectivity index is 2.40. The molecule has 9 nitrogen and oxygen atoms in total. The van der Waals surface area contributed by atoms with Crippen molar-refractivity contribution in [3.63, 3.8) is 0 Å². The Morgan fingerprint density at radius 2 is 1.79 bits per heavy atom. The molecular formula is C17H26BN5O4S. The highest BCUT2D eigenvalue weighted by atomic mass is 32.2. The minimum atomic E-state index is -4.02. The van der Waals surface area contributed by atoms with E-state index in [0.29, 0.717) is 5.46 Å². The third-order valence-corrected chi connectivity index (χ3v) is 5.38. The van der Waals surface area contributed by atoms with E-state index >= 15 is 0 Å². The lowest BCUT2D eigenvalue weighted by Crippen LogP contribution is -2.45. The average Bonchev–Trinajstić information content (AvgIpc) is 2.82. The fourth-order valence-corrected chi connectivity index (χ4v) is 3.12. The summed E-state index contributed by atoms with van der Waals surface area (Å²) in [5.41, 5.74) is 0.726. The minimum Gasteiger partial charge on any atom is -0.505 e. The van der Waals surface area contributed by atoms with Crippen LogP contribution in [-0.4, -0.2) is 64.0 Å². The molecule has 28 heavy (non-hydrogen) atoms. The first-order valence-electron chi connectivity index (χ1n) is 8.76. The van der Waals surface area contributed by atoms with Gasteiger partial charge in [0, 0.05) is 20.1 Å². The molecule has 152 valence electrons. The molecule has 1 aliphatic rings. The Labute approximate surface area is 166 Å². The number of phenolic OH excluding ortho intramolecular Hbond substituents is 1.